The highest BCUT2D eigenvalue weighted by molar-refractivity contribution is 7.92. The van der Waals surface area contributed by atoms with E-state index in [2.05, 4.69) is 10.3 Å². The highest BCUT2D eigenvalue weighted by Gasteiger charge is 2.46. The van der Waals surface area contributed by atoms with E-state index in [0.717, 1.165) is 27.8 Å². The van der Waals surface area contributed by atoms with Crippen molar-refractivity contribution in [2.45, 2.75) is 23.9 Å². The first kappa shape index (κ1) is 20.1. The Bertz CT molecular complexity index is 1150. The van der Waals surface area contributed by atoms with Crippen LogP contribution in [0.15, 0.2) is 41.6 Å². The Kier molecular flexibility index (Phi) is 5.06. The Labute approximate surface area is 162 Å². The van der Waals surface area contributed by atoms with Gasteiger partial charge in [0.1, 0.15) is 4.88 Å². The van der Waals surface area contributed by atoms with E-state index in [-0.39, 0.29) is 6.54 Å². The fourth-order valence-corrected chi connectivity index (χ4v) is 4.44. The molecule has 0 saturated heterocycles. The monoisotopic (exact) mass is 429 g/mol. The molecule has 0 atom stereocenters. The molecule has 2 aromatic heterocycles. The van der Waals surface area contributed by atoms with Crippen LogP contribution < -0.4 is 11.1 Å². The maximum Gasteiger partial charge on any atom is 0.501 e. The van der Waals surface area contributed by atoms with E-state index >= 15 is 0 Å². The van der Waals surface area contributed by atoms with E-state index in [1.54, 1.807) is 12.4 Å². The number of nitrogen functional groups attached to an aromatic ring is 1. The lowest BCUT2D eigenvalue weighted by Crippen LogP contribution is -2.24. The quantitative estimate of drug-likeness (QED) is 0.662. The van der Waals surface area contributed by atoms with Crippen molar-refractivity contribution in [3.8, 4) is 0 Å². The van der Waals surface area contributed by atoms with Gasteiger partial charge < -0.3 is 11.1 Å². The zero-order valence-electron chi connectivity index (χ0n) is 14.4. The van der Waals surface area contributed by atoms with Crippen LogP contribution in [-0.4, -0.2) is 24.8 Å². The highest BCUT2D eigenvalue weighted by Crippen LogP contribution is 2.35. The lowest BCUT2D eigenvalue weighted by Gasteiger charge is -2.09. The molecule has 1 aromatic carbocycles. The smallest absolute Gasteiger partial charge is 0.397 e. The molecular weight excluding hydrogens is 415 g/mol. The number of hydrogen-bond acceptors (Lipinski definition) is 6. The van der Waals surface area contributed by atoms with Gasteiger partial charge in [-0.1, -0.05) is 12.1 Å². The number of rotatable bonds is 4. The number of aromatic nitrogens is 1. The second-order valence-electron chi connectivity index (χ2n) is 5.95. The summed E-state index contributed by atoms with van der Waals surface area (Å²) in [6, 6.07) is 4.13. The van der Waals surface area contributed by atoms with Crippen molar-refractivity contribution >= 4 is 42.9 Å². The van der Waals surface area contributed by atoms with Crippen molar-refractivity contribution in [2.75, 3.05) is 5.73 Å². The number of nitrogens with two attached hydrogens (primary N) is 1. The molecule has 0 aliphatic heterocycles. The molecule has 0 fully saturated rings. The van der Waals surface area contributed by atoms with Gasteiger partial charge in [-0.25, -0.2) is 8.42 Å². The summed E-state index contributed by atoms with van der Waals surface area (Å²) in [7, 11) is -5.40. The number of carbonyl (C=O) groups excluding carboxylic acids is 1. The second kappa shape index (κ2) is 7.06. The van der Waals surface area contributed by atoms with Gasteiger partial charge in [-0.3, -0.25) is 9.78 Å². The number of halogens is 3. The number of anilines is 1. The van der Waals surface area contributed by atoms with Crippen molar-refractivity contribution in [3.05, 3.63) is 52.7 Å². The minimum absolute atomic E-state index is 0.00387. The van der Waals surface area contributed by atoms with Crippen LogP contribution in [-0.2, 0) is 16.4 Å². The molecule has 1 amide bonds. The van der Waals surface area contributed by atoms with E-state index < -0.39 is 26.1 Å². The number of aryl methyl sites for hydroxylation is 1. The lowest BCUT2D eigenvalue weighted by atomic mass is 10.1. The van der Waals surface area contributed by atoms with Crippen LogP contribution in [0.3, 0.4) is 0 Å². The maximum atomic E-state index is 12.6. The van der Waals surface area contributed by atoms with Crippen LogP contribution >= 0.6 is 11.3 Å². The predicted molar refractivity (Wildman–Crippen MR) is 99.6 cm³/mol. The van der Waals surface area contributed by atoms with Crippen LogP contribution in [0, 0.1) is 6.92 Å². The molecule has 0 bridgehead atoms. The summed E-state index contributed by atoms with van der Waals surface area (Å²) in [5, 5.41) is 3.38. The average Bonchev–Trinajstić information content (AvgIpc) is 2.97. The maximum absolute atomic E-state index is 12.6. The zero-order chi connectivity index (χ0) is 20.7. The first-order valence-corrected chi connectivity index (χ1v) is 10.1. The molecule has 0 unspecified atom stereocenters. The molecule has 0 radical (unpaired) electrons. The number of nitrogens with one attached hydrogen (secondary N) is 1. The number of carbonyl (C=O) groups is 1. The topological polar surface area (TPSA) is 102 Å². The molecule has 3 aromatic rings. The van der Waals surface area contributed by atoms with Crippen LogP contribution in [0.4, 0.5) is 18.9 Å². The fraction of sp³-hybridized carbons (Fsp3) is 0.176. The summed E-state index contributed by atoms with van der Waals surface area (Å²) >= 11 is 1.19. The molecule has 148 valence electrons. The number of alkyl halides is 3. The Balaban J connectivity index is 1.75. The van der Waals surface area contributed by atoms with Crippen LogP contribution in [0.25, 0.3) is 10.1 Å². The van der Waals surface area contributed by atoms with Gasteiger partial charge in [-0.2, -0.15) is 13.2 Å². The first-order valence-electron chi connectivity index (χ1n) is 7.83. The number of amides is 1. The van der Waals surface area contributed by atoms with Gasteiger partial charge in [0, 0.05) is 24.3 Å². The third kappa shape index (κ3) is 3.54. The Hall–Kier alpha value is -2.66. The fourth-order valence-electron chi connectivity index (χ4n) is 2.59. The van der Waals surface area contributed by atoms with Crippen molar-refractivity contribution in [1.82, 2.24) is 10.3 Å². The second-order valence-corrected chi connectivity index (χ2v) is 8.94. The molecule has 0 saturated carbocycles. The molecule has 0 aliphatic rings. The summed E-state index contributed by atoms with van der Waals surface area (Å²) < 4.78 is 61.1. The van der Waals surface area contributed by atoms with Gasteiger partial charge >= 0.3 is 5.51 Å². The summed E-state index contributed by atoms with van der Waals surface area (Å²) in [6.07, 6.45) is 3.25. The number of thiophene rings is 1. The number of benzene rings is 1. The SMILES string of the molecule is Cc1cncc2sc(C(=O)NCc3ccc(S(=O)(=O)C(F)(F)F)cc3)c(N)c12. The van der Waals surface area contributed by atoms with Gasteiger partial charge in [-0.05, 0) is 30.2 Å². The Morgan fingerprint density at radius 1 is 1.21 bits per heavy atom. The predicted octanol–water partition coefficient (Wildman–Crippen LogP) is 3.41. The van der Waals surface area contributed by atoms with Crippen molar-refractivity contribution < 1.29 is 26.4 Å². The third-order valence-corrected chi connectivity index (χ3v) is 6.67. The van der Waals surface area contributed by atoms with Crippen LogP contribution in [0.1, 0.15) is 20.8 Å². The lowest BCUT2D eigenvalue weighted by molar-refractivity contribution is -0.0436. The van der Waals surface area contributed by atoms with Gasteiger partial charge in [-0.15, -0.1) is 11.3 Å². The minimum atomic E-state index is -5.40. The van der Waals surface area contributed by atoms with E-state index in [4.69, 9.17) is 5.73 Å². The summed E-state index contributed by atoms with van der Waals surface area (Å²) in [6.45, 7) is 1.83. The molecule has 0 aliphatic carbocycles. The standard InChI is InChI=1S/C17H14F3N3O3S2/c1-9-6-22-8-12-13(9)14(21)15(27-12)16(24)23-7-10-2-4-11(5-3-10)28(25,26)17(18,19)20/h2-6,8H,7,21H2,1H3,(H,23,24). The van der Waals surface area contributed by atoms with Gasteiger partial charge in [0.15, 0.2) is 0 Å². The molecule has 3 N–H and O–H groups in total. The number of pyridine rings is 1. The minimum Gasteiger partial charge on any atom is -0.397 e. The molecular formula is C17H14F3N3O3S2. The largest absolute Gasteiger partial charge is 0.501 e. The number of nitrogens with zero attached hydrogens (tertiary/aromatic N) is 1. The summed E-state index contributed by atoms with van der Waals surface area (Å²) in [5.41, 5.74) is 2.31. The van der Waals surface area contributed by atoms with E-state index in [1.165, 1.54) is 23.5 Å². The van der Waals surface area contributed by atoms with Gasteiger partial charge in [0.05, 0.1) is 15.3 Å². The summed E-state index contributed by atoms with van der Waals surface area (Å²) in [5.74, 6) is -0.440. The Morgan fingerprint density at radius 3 is 2.43 bits per heavy atom. The van der Waals surface area contributed by atoms with Gasteiger partial charge in [0.2, 0.25) is 0 Å². The normalized spacial score (nSPS) is 12.3. The molecule has 2 heterocycles. The number of sulfone groups is 1. The third-order valence-electron chi connectivity index (χ3n) is 4.02. The highest BCUT2D eigenvalue weighted by atomic mass is 32.2. The van der Waals surface area contributed by atoms with E-state index in [1.807, 2.05) is 6.92 Å². The average molecular weight is 429 g/mol. The molecule has 3 rings (SSSR count). The summed E-state index contributed by atoms with van der Waals surface area (Å²) in [4.78, 5) is 15.9. The Morgan fingerprint density at radius 2 is 1.86 bits per heavy atom. The van der Waals surface area contributed by atoms with E-state index in [0.29, 0.717) is 16.1 Å². The number of fused-ring (bicyclic) bond motifs is 1. The molecule has 6 nitrogen and oxygen atoms in total. The van der Waals surface area contributed by atoms with Crippen molar-refractivity contribution in [1.29, 1.82) is 0 Å². The van der Waals surface area contributed by atoms with Gasteiger partial charge in [0.25, 0.3) is 15.7 Å². The molecule has 28 heavy (non-hydrogen) atoms. The zero-order valence-corrected chi connectivity index (χ0v) is 16.0. The number of hydrogen-bond donors (Lipinski definition) is 2. The van der Waals surface area contributed by atoms with Crippen LogP contribution in [0.2, 0.25) is 0 Å². The molecule has 11 heteroatoms. The van der Waals surface area contributed by atoms with Crippen LogP contribution in [0.5, 0.6) is 0 Å². The van der Waals surface area contributed by atoms with Crippen molar-refractivity contribution in [3.63, 3.8) is 0 Å². The van der Waals surface area contributed by atoms with E-state index in [9.17, 15) is 26.4 Å². The van der Waals surface area contributed by atoms with Crippen molar-refractivity contribution in [2.24, 2.45) is 0 Å². The first-order chi connectivity index (χ1) is 13.0. The molecule has 0 spiro atoms.